The van der Waals surface area contributed by atoms with E-state index in [-0.39, 0.29) is 0 Å². The normalized spacial score (nSPS) is 12.0. The van der Waals surface area contributed by atoms with Crippen molar-refractivity contribution in [2.45, 2.75) is 72.3 Å². The summed E-state index contributed by atoms with van der Waals surface area (Å²) >= 11 is -1.30. The van der Waals surface area contributed by atoms with Crippen molar-refractivity contribution in [1.82, 2.24) is 0 Å². The van der Waals surface area contributed by atoms with Crippen LogP contribution in [0.4, 0.5) is 0 Å². The summed E-state index contributed by atoms with van der Waals surface area (Å²) in [7, 11) is 0. The molecule has 0 fully saturated rings. The second kappa shape index (κ2) is 8.06. The third-order valence-corrected chi connectivity index (χ3v) is 12.7. The molecule has 0 N–H and O–H groups in total. The van der Waals surface area contributed by atoms with Crippen LogP contribution in [0.2, 0.25) is 18.9 Å². The monoisotopic (exact) mass is 220 g/mol. The molecule has 0 aliphatic rings. The number of hydrogen-bond donors (Lipinski definition) is 0. The van der Waals surface area contributed by atoms with Crippen LogP contribution < -0.4 is 0 Å². The summed E-state index contributed by atoms with van der Waals surface area (Å²) in [6.45, 7) is 9.57. The molecule has 0 amide bonds. The van der Waals surface area contributed by atoms with Gasteiger partial charge in [-0.05, 0) is 0 Å². The van der Waals surface area contributed by atoms with E-state index in [9.17, 15) is 0 Å². The molecule has 0 aliphatic carbocycles. The van der Waals surface area contributed by atoms with Gasteiger partial charge in [-0.15, -0.1) is 0 Å². The van der Waals surface area contributed by atoms with Gasteiger partial charge < -0.3 is 0 Å². The Bertz CT molecular complexity index is 95.7. The van der Waals surface area contributed by atoms with Gasteiger partial charge in [-0.2, -0.15) is 0 Å². The van der Waals surface area contributed by atoms with Crippen LogP contribution in [0.15, 0.2) is 0 Å². The van der Waals surface area contributed by atoms with Crippen LogP contribution in [-0.2, 0) is 16.6 Å². The van der Waals surface area contributed by atoms with E-state index in [4.69, 9.17) is 0 Å². The Morgan fingerprint density at radius 2 is 1.08 bits per heavy atom. The third-order valence-electron chi connectivity index (χ3n) is 3.62. The topological polar surface area (TPSA) is 0 Å². The van der Waals surface area contributed by atoms with Gasteiger partial charge in [-0.25, -0.2) is 0 Å². The molecule has 0 atom stereocenters. The van der Waals surface area contributed by atoms with Crippen LogP contribution in [0.5, 0.6) is 0 Å². The molecular weight excluding hydrogens is 192 g/mol. The van der Waals surface area contributed by atoms with Crippen LogP contribution in [0.25, 0.3) is 0 Å². The van der Waals surface area contributed by atoms with Crippen LogP contribution >= 0.6 is 0 Å². The third kappa shape index (κ3) is 5.22. The first kappa shape index (κ1) is 13.7. The van der Waals surface area contributed by atoms with E-state index < -0.39 is 16.6 Å². The molecule has 0 saturated heterocycles. The van der Waals surface area contributed by atoms with Crippen LogP contribution in [-0.4, -0.2) is 0 Å². The second-order valence-corrected chi connectivity index (χ2v) is 12.9. The molecule has 0 aromatic rings. The summed E-state index contributed by atoms with van der Waals surface area (Å²) in [5.74, 6) is 0. The van der Waals surface area contributed by atoms with E-state index in [0.29, 0.717) is 0 Å². The summed E-state index contributed by atoms with van der Waals surface area (Å²) in [6, 6.07) is 0. The summed E-state index contributed by atoms with van der Waals surface area (Å²) in [5.41, 5.74) is 0. The SMILES string of the molecule is CCC[CH2][Ti]([CH2]C)([CH2]C)[CH2]CCC. The molecule has 0 heterocycles. The first-order valence-corrected chi connectivity index (χ1v) is 10.7. The fourth-order valence-corrected chi connectivity index (χ4v) is 9.01. The molecule has 0 nitrogen and oxygen atoms in total. The predicted octanol–water partition coefficient (Wildman–Crippen LogP) is 5.45. The zero-order valence-corrected chi connectivity index (χ0v) is 11.7. The summed E-state index contributed by atoms with van der Waals surface area (Å²) in [5, 5.41) is 0. The van der Waals surface area contributed by atoms with Crippen molar-refractivity contribution in [3.8, 4) is 0 Å². The van der Waals surface area contributed by atoms with Gasteiger partial charge in [0.05, 0.1) is 0 Å². The van der Waals surface area contributed by atoms with Gasteiger partial charge >= 0.3 is 88.9 Å². The van der Waals surface area contributed by atoms with Crippen molar-refractivity contribution in [2.24, 2.45) is 0 Å². The average molecular weight is 220 g/mol. The van der Waals surface area contributed by atoms with Crippen molar-refractivity contribution in [1.29, 1.82) is 0 Å². The van der Waals surface area contributed by atoms with Crippen molar-refractivity contribution in [3.63, 3.8) is 0 Å². The Morgan fingerprint density at radius 3 is 1.31 bits per heavy atom. The van der Waals surface area contributed by atoms with Gasteiger partial charge in [0.15, 0.2) is 0 Å². The van der Waals surface area contributed by atoms with Crippen molar-refractivity contribution in [3.05, 3.63) is 0 Å². The Labute approximate surface area is 88.9 Å². The minimum atomic E-state index is -1.30. The Morgan fingerprint density at radius 1 is 0.692 bits per heavy atom. The van der Waals surface area contributed by atoms with E-state index in [1.807, 2.05) is 0 Å². The van der Waals surface area contributed by atoms with Crippen molar-refractivity contribution in [2.75, 3.05) is 0 Å². The Hall–Kier alpha value is 0.714. The Kier molecular flexibility index (Phi) is 8.50. The van der Waals surface area contributed by atoms with Gasteiger partial charge in [0, 0.05) is 0 Å². The molecule has 0 unspecified atom stereocenters. The maximum atomic E-state index is 2.45. The first-order valence-electron chi connectivity index (χ1n) is 6.24. The van der Waals surface area contributed by atoms with Gasteiger partial charge in [-0.3, -0.25) is 0 Å². The fraction of sp³-hybridized carbons (Fsp3) is 1.00. The molecule has 0 aliphatic heterocycles. The molecular formula is C12H28Ti. The quantitative estimate of drug-likeness (QED) is 0.477. The summed E-state index contributed by atoms with van der Waals surface area (Å²) in [4.78, 5) is 0. The molecule has 0 saturated carbocycles. The predicted molar refractivity (Wildman–Crippen MR) is 60.4 cm³/mol. The molecule has 0 radical (unpaired) electrons. The molecule has 80 valence electrons. The number of unbranched alkanes of at least 4 members (excludes halogenated alkanes) is 2. The van der Waals surface area contributed by atoms with Crippen molar-refractivity contribution < 1.29 is 16.6 Å². The number of hydrogen-bond acceptors (Lipinski definition) is 0. The summed E-state index contributed by atoms with van der Waals surface area (Å²) < 4.78 is 6.42. The van der Waals surface area contributed by atoms with Crippen LogP contribution in [0.1, 0.15) is 53.4 Å². The number of rotatable bonds is 8. The molecule has 1 heteroatoms. The molecule has 0 bridgehead atoms. The van der Waals surface area contributed by atoms with E-state index >= 15 is 0 Å². The molecule has 0 aromatic carbocycles. The Balaban J connectivity index is 3.97. The zero-order chi connectivity index (χ0) is 10.2. The second-order valence-electron chi connectivity index (χ2n) is 4.41. The molecule has 13 heavy (non-hydrogen) atoms. The summed E-state index contributed by atoms with van der Waals surface area (Å²) in [6.07, 6.45) is 5.81. The van der Waals surface area contributed by atoms with Crippen LogP contribution in [0, 0.1) is 0 Å². The van der Waals surface area contributed by atoms with Crippen LogP contribution in [0.3, 0.4) is 0 Å². The molecule has 0 spiro atoms. The standard InChI is InChI=1S/2C4H9.2C2H5.Ti/c2*1-3-4-2;2*1-2;/h2*1,3-4H2,2H3;2*1H2,2H3;. The van der Waals surface area contributed by atoms with Gasteiger partial charge in [0.2, 0.25) is 0 Å². The van der Waals surface area contributed by atoms with E-state index in [0.717, 1.165) is 0 Å². The van der Waals surface area contributed by atoms with E-state index in [2.05, 4.69) is 27.7 Å². The van der Waals surface area contributed by atoms with Gasteiger partial charge in [0.25, 0.3) is 0 Å². The van der Waals surface area contributed by atoms with E-state index in [1.165, 1.54) is 25.7 Å². The first-order chi connectivity index (χ1) is 6.24. The minimum absolute atomic E-state index is 1.30. The molecule has 0 rings (SSSR count). The van der Waals surface area contributed by atoms with Gasteiger partial charge in [-0.1, -0.05) is 0 Å². The molecule has 0 aromatic heterocycles. The fourth-order valence-electron chi connectivity index (χ4n) is 2.19. The van der Waals surface area contributed by atoms with E-state index in [1.54, 1.807) is 18.9 Å². The zero-order valence-electron chi connectivity index (χ0n) is 10.2. The maximum absolute atomic E-state index is 2.45. The van der Waals surface area contributed by atoms with Gasteiger partial charge in [0.1, 0.15) is 0 Å². The average Bonchev–Trinajstić information content (AvgIpc) is 2.20. The van der Waals surface area contributed by atoms with Crippen molar-refractivity contribution >= 4 is 0 Å².